The molecule has 1 aliphatic heterocycles. The van der Waals surface area contributed by atoms with Gasteiger partial charge in [-0.1, -0.05) is 19.8 Å². The molecule has 0 aliphatic carbocycles. The van der Waals surface area contributed by atoms with Gasteiger partial charge >= 0.3 is 11.9 Å². The van der Waals surface area contributed by atoms with Crippen molar-refractivity contribution in [3.05, 3.63) is 32.6 Å². The van der Waals surface area contributed by atoms with Crippen molar-refractivity contribution in [3.8, 4) is 12.3 Å². The lowest BCUT2D eigenvalue weighted by molar-refractivity contribution is -0.139. The first-order valence-corrected chi connectivity index (χ1v) is 10.5. The number of H-pyrrole nitrogens is 1. The van der Waals surface area contributed by atoms with Crippen LogP contribution in [0.3, 0.4) is 0 Å². The Balaban J connectivity index is 2.07. The lowest BCUT2D eigenvalue weighted by Gasteiger charge is -2.19. The zero-order chi connectivity index (χ0) is 23.9. The van der Waals surface area contributed by atoms with E-state index in [2.05, 4.69) is 25.1 Å². The molecule has 2 N–H and O–H groups in total. The number of aromatic amines is 1. The van der Waals surface area contributed by atoms with Crippen LogP contribution in [0.15, 0.2) is 15.8 Å². The van der Waals surface area contributed by atoms with Crippen molar-refractivity contribution in [2.24, 2.45) is 5.92 Å². The average molecular weight is 478 g/mol. The highest BCUT2D eigenvalue weighted by molar-refractivity contribution is 7.80. The summed E-state index contributed by atoms with van der Waals surface area (Å²) in [6.07, 6.45) is 0.150. The second-order valence-electron chi connectivity index (χ2n) is 7.69. The van der Waals surface area contributed by atoms with Crippen LogP contribution in [-0.2, 0) is 20.4 Å². The lowest BCUT2D eigenvalue weighted by atomic mass is 10.1. The summed E-state index contributed by atoms with van der Waals surface area (Å²) in [6, 6.07) is 0. The van der Waals surface area contributed by atoms with E-state index in [-0.39, 0.29) is 24.8 Å². The highest BCUT2D eigenvalue weighted by atomic mass is 32.1. The van der Waals surface area contributed by atoms with E-state index in [4.69, 9.17) is 32.9 Å². The van der Waals surface area contributed by atoms with E-state index in [1.54, 1.807) is 4.98 Å². The molecule has 1 fully saturated rings. The standard InChI is InChI=1S/C20H26F3N3O5S/c1-4-8-29-14-9-16(26-10-13(20(21,22)23)17(27)25-18(26)28)31-15(14)11-30-19(32)24-7-5-6-12(2)3/h1,10,12,14-16H,5-9,11H2,2-3H3,(H,24,32)(H,25,27,28)/t14-,15+,16+/m0/s1. The molecule has 0 unspecified atom stereocenters. The van der Waals surface area contributed by atoms with Gasteiger partial charge in [0.05, 0.1) is 6.10 Å². The summed E-state index contributed by atoms with van der Waals surface area (Å²) in [4.78, 5) is 25.3. The van der Waals surface area contributed by atoms with E-state index >= 15 is 0 Å². The zero-order valence-electron chi connectivity index (χ0n) is 17.7. The predicted octanol–water partition coefficient (Wildman–Crippen LogP) is 2.19. The monoisotopic (exact) mass is 477 g/mol. The Hall–Kier alpha value is -2.36. The number of thiocarbonyl (C=S) groups is 1. The van der Waals surface area contributed by atoms with Crippen molar-refractivity contribution in [2.75, 3.05) is 19.8 Å². The lowest BCUT2D eigenvalue weighted by Crippen LogP contribution is -2.36. The molecule has 178 valence electrons. The summed E-state index contributed by atoms with van der Waals surface area (Å²) in [5, 5.41) is 3.11. The van der Waals surface area contributed by atoms with E-state index in [9.17, 15) is 22.8 Å². The maximum Gasteiger partial charge on any atom is 0.423 e. The number of nitrogens with one attached hydrogen (secondary N) is 2. The Morgan fingerprint density at radius 2 is 2.19 bits per heavy atom. The SMILES string of the molecule is C#CCO[C@H]1C[C@H](n2cc(C(F)(F)F)c(=O)[nH]c2=O)O[C@@H]1COC(=S)NCCCC(C)C. The van der Waals surface area contributed by atoms with Crippen LogP contribution >= 0.6 is 12.2 Å². The predicted molar refractivity (Wildman–Crippen MR) is 114 cm³/mol. The maximum atomic E-state index is 13.1. The summed E-state index contributed by atoms with van der Waals surface area (Å²) in [7, 11) is 0. The number of alkyl halides is 3. The number of ether oxygens (including phenoxy) is 3. The number of hydrogen-bond donors (Lipinski definition) is 2. The van der Waals surface area contributed by atoms with E-state index < -0.39 is 41.4 Å². The van der Waals surface area contributed by atoms with Gasteiger partial charge in [0.1, 0.15) is 31.1 Å². The second-order valence-corrected chi connectivity index (χ2v) is 8.06. The van der Waals surface area contributed by atoms with Crippen molar-refractivity contribution >= 4 is 17.4 Å². The molecule has 0 aromatic carbocycles. The third kappa shape index (κ3) is 7.36. The smallest absolute Gasteiger partial charge is 0.423 e. The Kier molecular flexibility index (Phi) is 9.30. The third-order valence-electron chi connectivity index (χ3n) is 4.75. The largest absolute Gasteiger partial charge is 0.468 e. The topological polar surface area (TPSA) is 94.6 Å². The molecule has 3 atom stereocenters. The Labute approximate surface area is 188 Å². The van der Waals surface area contributed by atoms with Gasteiger partial charge in [0.15, 0.2) is 0 Å². The van der Waals surface area contributed by atoms with Gasteiger partial charge in [-0.05, 0) is 31.0 Å². The number of halogens is 3. The summed E-state index contributed by atoms with van der Waals surface area (Å²) < 4.78 is 56.7. The fraction of sp³-hybridized carbons (Fsp3) is 0.650. The van der Waals surface area contributed by atoms with Gasteiger partial charge < -0.3 is 19.5 Å². The minimum Gasteiger partial charge on any atom is -0.468 e. The Morgan fingerprint density at radius 3 is 2.81 bits per heavy atom. The molecule has 12 heteroatoms. The van der Waals surface area contributed by atoms with Crippen LogP contribution in [0.2, 0.25) is 0 Å². The maximum absolute atomic E-state index is 13.1. The molecule has 0 radical (unpaired) electrons. The molecule has 32 heavy (non-hydrogen) atoms. The van der Waals surface area contributed by atoms with Crippen molar-refractivity contribution in [1.29, 1.82) is 0 Å². The quantitative estimate of drug-likeness (QED) is 0.320. The molecule has 1 aromatic heterocycles. The van der Waals surface area contributed by atoms with Crippen LogP contribution in [0, 0.1) is 18.3 Å². The van der Waals surface area contributed by atoms with E-state index in [0.717, 1.165) is 12.8 Å². The van der Waals surface area contributed by atoms with E-state index in [1.165, 1.54) is 0 Å². The van der Waals surface area contributed by atoms with Gasteiger partial charge in [0, 0.05) is 19.2 Å². The fourth-order valence-corrected chi connectivity index (χ4v) is 3.33. The third-order valence-corrected chi connectivity index (χ3v) is 5.01. The molecular formula is C20H26F3N3O5S. The fourth-order valence-electron chi connectivity index (χ4n) is 3.16. The molecule has 1 aliphatic rings. The number of aromatic nitrogens is 2. The summed E-state index contributed by atoms with van der Waals surface area (Å²) in [6.45, 7) is 4.74. The minimum atomic E-state index is -4.93. The summed E-state index contributed by atoms with van der Waals surface area (Å²) in [5.74, 6) is 2.87. The molecule has 8 nitrogen and oxygen atoms in total. The van der Waals surface area contributed by atoms with Gasteiger partial charge in [-0.3, -0.25) is 14.3 Å². The van der Waals surface area contributed by atoms with Crippen molar-refractivity contribution in [2.45, 2.75) is 57.7 Å². The molecule has 0 saturated carbocycles. The van der Waals surface area contributed by atoms with Crippen molar-refractivity contribution in [3.63, 3.8) is 0 Å². The summed E-state index contributed by atoms with van der Waals surface area (Å²) >= 11 is 5.13. The van der Waals surface area contributed by atoms with Crippen LogP contribution in [0.4, 0.5) is 13.2 Å². The molecule has 2 heterocycles. The number of nitrogens with zero attached hydrogens (tertiary/aromatic N) is 1. The van der Waals surface area contributed by atoms with Gasteiger partial charge in [0.25, 0.3) is 10.7 Å². The average Bonchev–Trinajstić information content (AvgIpc) is 3.09. The van der Waals surface area contributed by atoms with Crippen LogP contribution < -0.4 is 16.6 Å². The van der Waals surface area contributed by atoms with Crippen LogP contribution in [0.25, 0.3) is 0 Å². The molecule has 1 aromatic rings. The van der Waals surface area contributed by atoms with Crippen LogP contribution in [0.1, 0.15) is 44.9 Å². The first kappa shape index (κ1) is 25.9. The summed E-state index contributed by atoms with van der Waals surface area (Å²) in [5.41, 5.74) is -4.06. The van der Waals surface area contributed by atoms with E-state index in [0.29, 0.717) is 23.2 Å². The molecule has 1 saturated heterocycles. The molecular weight excluding hydrogens is 451 g/mol. The molecule has 2 rings (SSSR count). The van der Waals surface area contributed by atoms with E-state index in [1.807, 2.05) is 0 Å². The highest BCUT2D eigenvalue weighted by Gasteiger charge is 2.40. The Bertz CT molecular complexity index is 938. The van der Waals surface area contributed by atoms with Gasteiger partial charge in [-0.25, -0.2) is 4.79 Å². The van der Waals surface area contributed by atoms with Crippen LogP contribution in [-0.4, -0.2) is 46.7 Å². The first-order valence-electron chi connectivity index (χ1n) is 10.1. The number of rotatable bonds is 9. The second kappa shape index (κ2) is 11.5. The molecule has 0 amide bonds. The van der Waals surface area contributed by atoms with Gasteiger partial charge in [0.2, 0.25) is 0 Å². The molecule has 0 bridgehead atoms. The number of terminal acetylenes is 1. The zero-order valence-corrected chi connectivity index (χ0v) is 18.6. The molecule has 0 spiro atoms. The number of hydrogen-bond acceptors (Lipinski definition) is 6. The van der Waals surface area contributed by atoms with Crippen molar-refractivity contribution < 1.29 is 27.4 Å². The first-order chi connectivity index (χ1) is 15.0. The van der Waals surface area contributed by atoms with Gasteiger partial charge in [-0.2, -0.15) is 13.2 Å². The van der Waals surface area contributed by atoms with Crippen molar-refractivity contribution in [1.82, 2.24) is 14.9 Å². The highest BCUT2D eigenvalue weighted by Crippen LogP contribution is 2.32. The minimum absolute atomic E-state index is 0.0214. The van der Waals surface area contributed by atoms with Gasteiger partial charge in [-0.15, -0.1) is 6.42 Å². The van der Waals surface area contributed by atoms with Crippen LogP contribution in [0.5, 0.6) is 0 Å². The Morgan fingerprint density at radius 1 is 1.47 bits per heavy atom. The normalized spacial score (nSPS) is 20.8.